The number of sulfonamides is 1. The number of rotatable bonds is 7. The van der Waals surface area contributed by atoms with Crippen molar-refractivity contribution in [3.05, 3.63) is 64.8 Å². The fraction of sp³-hybridized carbons (Fsp3) is 0.211. The molecule has 0 spiro atoms. The molecule has 0 saturated carbocycles. The SMILES string of the molecule is CCOC(=O)c1cc2cc(CCNS(=O)(=O)c3ccc(Cl)cc3)ccc2n1O. The van der Waals surface area contributed by atoms with E-state index < -0.39 is 16.0 Å². The Bertz CT molecular complexity index is 1110. The number of fused-ring (bicyclic) bond motifs is 1. The first-order chi connectivity index (χ1) is 13.3. The van der Waals surface area contributed by atoms with Crippen molar-refractivity contribution in [1.82, 2.24) is 9.45 Å². The van der Waals surface area contributed by atoms with Crippen molar-refractivity contribution in [2.24, 2.45) is 0 Å². The predicted octanol–water partition coefficient (Wildman–Crippen LogP) is 3.23. The van der Waals surface area contributed by atoms with Crippen molar-refractivity contribution in [3.8, 4) is 0 Å². The van der Waals surface area contributed by atoms with Crippen molar-refractivity contribution >= 4 is 38.5 Å². The summed E-state index contributed by atoms with van der Waals surface area (Å²) in [5.74, 6) is -0.613. The highest BCUT2D eigenvalue weighted by Crippen LogP contribution is 2.21. The zero-order valence-corrected chi connectivity index (χ0v) is 16.6. The van der Waals surface area contributed by atoms with Gasteiger partial charge in [-0.05, 0) is 61.4 Å². The molecule has 0 bridgehead atoms. The molecule has 3 aromatic rings. The Kier molecular flexibility index (Phi) is 5.93. The summed E-state index contributed by atoms with van der Waals surface area (Å²) < 4.78 is 32.8. The fourth-order valence-electron chi connectivity index (χ4n) is 2.78. The van der Waals surface area contributed by atoms with Crippen molar-refractivity contribution in [3.63, 3.8) is 0 Å². The third-order valence-electron chi connectivity index (χ3n) is 4.15. The average molecular weight is 423 g/mol. The monoisotopic (exact) mass is 422 g/mol. The van der Waals surface area contributed by atoms with Gasteiger partial charge in [-0.15, -0.1) is 0 Å². The van der Waals surface area contributed by atoms with Crippen LogP contribution in [0.15, 0.2) is 53.4 Å². The Morgan fingerprint density at radius 3 is 2.57 bits per heavy atom. The summed E-state index contributed by atoms with van der Waals surface area (Å²) in [5.41, 5.74) is 1.36. The second kappa shape index (κ2) is 8.22. The van der Waals surface area contributed by atoms with E-state index >= 15 is 0 Å². The maximum Gasteiger partial charge on any atom is 0.358 e. The van der Waals surface area contributed by atoms with Crippen molar-refractivity contribution in [1.29, 1.82) is 0 Å². The van der Waals surface area contributed by atoms with E-state index in [2.05, 4.69) is 4.72 Å². The average Bonchev–Trinajstić information content (AvgIpc) is 2.98. The van der Waals surface area contributed by atoms with E-state index in [4.69, 9.17) is 16.3 Å². The first kappa shape index (κ1) is 20.2. The van der Waals surface area contributed by atoms with E-state index in [9.17, 15) is 18.4 Å². The van der Waals surface area contributed by atoms with Crippen molar-refractivity contribution in [2.75, 3.05) is 13.2 Å². The summed E-state index contributed by atoms with van der Waals surface area (Å²) in [4.78, 5) is 12.0. The van der Waals surface area contributed by atoms with Crippen LogP contribution in [-0.4, -0.2) is 37.5 Å². The van der Waals surface area contributed by atoms with Crippen LogP contribution in [0, 0.1) is 0 Å². The predicted molar refractivity (Wildman–Crippen MR) is 105 cm³/mol. The van der Waals surface area contributed by atoms with E-state index in [-0.39, 0.29) is 23.7 Å². The second-order valence-electron chi connectivity index (χ2n) is 6.06. The zero-order valence-electron chi connectivity index (χ0n) is 15.1. The van der Waals surface area contributed by atoms with Gasteiger partial charge in [0.1, 0.15) is 0 Å². The molecular weight excluding hydrogens is 404 g/mol. The lowest BCUT2D eigenvalue weighted by molar-refractivity contribution is 0.0480. The molecule has 0 aliphatic carbocycles. The minimum atomic E-state index is -3.62. The van der Waals surface area contributed by atoms with Crippen LogP contribution in [0.3, 0.4) is 0 Å². The number of carbonyl (C=O) groups excluding carboxylic acids is 1. The van der Waals surface area contributed by atoms with Crippen LogP contribution < -0.4 is 4.72 Å². The summed E-state index contributed by atoms with van der Waals surface area (Å²) >= 11 is 5.78. The quantitative estimate of drug-likeness (QED) is 0.450. The third-order valence-corrected chi connectivity index (χ3v) is 5.88. The number of aromatic nitrogens is 1. The van der Waals surface area contributed by atoms with Crippen LogP contribution in [0.4, 0.5) is 0 Å². The van der Waals surface area contributed by atoms with Gasteiger partial charge in [-0.1, -0.05) is 17.7 Å². The van der Waals surface area contributed by atoms with Crippen LogP contribution in [0.25, 0.3) is 10.9 Å². The number of esters is 1. The van der Waals surface area contributed by atoms with Gasteiger partial charge in [0.25, 0.3) is 0 Å². The van der Waals surface area contributed by atoms with Crippen LogP contribution in [0.1, 0.15) is 23.0 Å². The molecular formula is C19H19ClN2O5S. The number of ether oxygens (including phenoxy) is 1. The van der Waals surface area contributed by atoms with E-state index in [1.54, 1.807) is 25.1 Å². The van der Waals surface area contributed by atoms with Crippen LogP contribution in [0.5, 0.6) is 0 Å². The van der Waals surface area contributed by atoms with E-state index in [0.717, 1.165) is 10.3 Å². The number of hydrogen-bond donors (Lipinski definition) is 2. The minimum Gasteiger partial charge on any atom is -0.461 e. The standard InChI is InChI=1S/C19H19ClN2O5S/c1-2-27-19(23)18-12-14-11-13(3-8-17(14)22(18)24)9-10-21-28(25,26)16-6-4-15(20)5-7-16/h3-8,11-12,21,24H,2,9-10H2,1H3. The highest BCUT2D eigenvalue weighted by Gasteiger charge is 2.17. The molecule has 0 aliphatic heterocycles. The molecule has 0 unspecified atom stereocenters. The molecule has 0 saturated heterocycles. The number of hydrogen-bond acceptors (Lipinski definition) is 5. The topological polar surface area (TPSA) is 97.6 Å². The van der Waals surface area contributed by atoms with E-state index in [0.29, 0.717) is 22.3 Å². The third kappa shape index (κ3) is 4.30. The van der Waals surface area contributed by atoms with E-state index in [1.807, 2.05) is 0 Å². The number of carbonyl (C=O) groups is 1. The molecule has 0 amide bonds. The van der Waals surface area contributed by atoms with Crippen LogP contribution in [-0.2, 0) is 21.2 Å². The molecule has 2 N–H and O–H groups in total. The molecule has 0 atom stereocenters. The summed E-state index contributed by atoms with van der Waals surface area (Å²) in [6.07, 6.45) is 0.439. The fourth-order valence-corrected chi connectivity index (χ4v) is 3.94. The Morgan fingerprint density at radius 1 is 1.18 bits per heavy atom. The lowest BCUT2D eigenvalue weighted by atomic mass is 10.1. The molecule has 0 fully saturated rings. The molecule has 1 aromatic heterocycles. The van der Waals surface area contributed by atoms with Gasteiger partial charge >= 0.3 is 5.97 Å². The first-order valence-corrected chi connectivity index (χ1v) is 10.4. The van der Waals surface area contributed by atoms with Crippen molar-refractivity contribution in [2.45, 2.75) is 18.2 Å². The smallest absolute Gasteiger partial charge is 0.358 e. The van der Waals surface area contributed by atoms with Crippen molar-refractivity contribution < 1.29 is 23.2 Å². The molecule has 1 heterocycles. The highest BCUT2D eigenvalue weighted by molar-refractivity contribution is 7.89. The maximum absolute atomic E-state index is 12.3. The Hall–Kier alpha value is -2.55. The highest BCUT2D eigenvalue weighted by atomic mass is 35.5. The summed E-state index contributed by atoms with van der Waals surface area (Å²) in [7, 11) is -3.62. The number of halogens is 1. The van der Waals surface area contributed by atoms with Gasteiger partial charge in [-0.2, -0.15) is 4.73 Å². The zero-order chi connectivity index (χ0) is 20.3. The van der Waals surface area contributed by atoms with Gasteiger partial charge in [0.2, 0.25) is 10.0 Å². The summed E-state index contributed by atoms with van der Waals surface area (Å²) in [6, 6.07) is 12.7. The summed E-state index contributed by atoms with van der Waals surface area (Å²) in [6.45, 7) is 2.09. The van der Waals surface area contributed by atoms with Gasteiger partial charge in [-0.25, -0.2) is 17.9 Å². The largest absolute Gasteiger partial charge is 0.461 e. The van der Waals surface area contributed by atoms with Crippen LogP contribution >= 0.6 is 11.6 Å². The molecule has 9 heteroatoms. The van der Waals surface area contributed by atoms with Gasteiger partial charge in [0.05, 0.1) is 17.0 Å². The lowest BCUT2D eigenvalue weighted by Gasteiger charge is -2.07. The Morgan fingerprint density at radius 2 is 1.89 bits per heavy atom. The van der Waals surface area contributed by atoms with Crippen LogP contribution in [0.2, 0.25) is 5.02 Å². The lowest BCUT2D eigenvalue weighted by Crippen LogP contribution is -2.25. The summed E-state index contributed by atoms with van der Waals surface area (Å²) in [5, 5.41) is 11.2. The normalized spacial score (nSPS) is 11.6. The molecule has 3 rings (SSSR count). The number of benzene rings is 2. The van der Waals surface area contributed by atoms with E-state index in [1.165, 1.54) is 30.3 Å². The molecule has 0 aliphatic rings. The maximum atomic E-state index is 12.3. The minimum absolute atomic E-state index is 0.0393. The van der Waals surface area contributed by atoms with Gasteiger partial charge < -0.3 is 9.94 Å². The molecule has 7 nitrogen and oxygen atoms in total. The molecule has 148 valence electrons. The van der Waals surface area contributed by atoms with Gasteiger partial charge in [0, 0.05) is 17.0 Å². The molecule has 28 heavy (non-hydrogen) atoms. The van der Waals surface area contributed by atoms with Gasteiger partial charge in [-0.3, -0.25) is 0 Å². The Labute approximate surface area is 167 Å². The Balaban J connectivity index is 1.71. The molecule has 2 aromatic carbocycles. The molecule has 0 radical (unpaired) electrons. The second-order valence-corrected chi connectivity index (χ2v) is 8.26. The number of nitrogens with zero attached hydrogens (tertiary/aromatic N) is 1. The first-order valence-electron chi connectivity index (χ1n) is 8.58. The number of nitrogens with one attached hydrogen (secondary N) is 1. The van der Waals surface area contributed by atoms with Gasteiger partial charge in [0.15, 0.2) is 5.69 Å².